The summed E-state index contributed by atoms with van der Waals surface area (Å²) in [7, 11) is -15.7. The first kappa shape index (κ1) is 42.4. The molecule has 0 atom stereocenters. The number of para-hydroxylation sites is 2. The maximum Gasteiger partial charge on any atom is 0.450 e. The van der Waals surface area contributed by atoms with Gasteiger partial charge in [0.2, 0.25) is 0 Å². The summed E-state index contributed by atoms with van der Waals surface area (Å²) in [6, 6.07) is 57.8. The molecule has 0 unspecified atom stereocenters. The first-order valence-corrected chi connectivity index (χ1v) is 26.4. The van der Waals surface area contributed by atoms with Crippen molar-refractivity contribution in [2.45, 2.75) is 0 Å². The van der Waals surface area contributed by atoms with E-state index in [-0.39, 0.29) is 34.5 Å². The summed E-state index contributed by atoms with van der Waals surface area (Å²) in [5.41, 5.74) is 0. The van der Waals surface area contributed by atoms with Gasteiger partial charge in [-0.1, -0.05) is 36.4 Å². The lowest BCUT2D eigenvalue weighted by atomic mass is 10.3. The van der Waals surface area contributed by atoms with Crippen LogP contribution in [0.1, 0.15) is 0 Å². The van der Waals surface area contributed by atoms with E-state index in [9.17, 15) is 30.6 Å². The predicted octanol–water partition coefficient (Wildman–Crippen LogP) is 10.6. The number of hydrogen-bond acceptors (Lipinski definition) is 12. The van der Waals surface area contributed by atoms with E-state index in [2.05, 4.69) is 0 Å². The van der Waals surface area contributed by atoms with Gasteiger partial charge in [-0.3, -0.25) is 0 Å². The highest BCUT2D eigenvalue weighted by molar-refractivity contribution is 7.97. The molecule has 12 nitrogen and oxygen atoms in total. The van der Waals surface area contributed by atoms with Gasteiger partial charge in [0.15, 0.2) is 0 Å². The van der Waals surface area contributed by atoms with Crippen molar-refractivity contribution < 1.29 is 39.7 Å². The van der Waals surface area contributed by atoms with Crippen LogP contribution < -0.4 is 40.9 Å². The average Bonchev–Trinajstić information content (AvgIpc) is 3.30. The Bertz CT molecular complexity index is 2890. The van der Waals surface area contributed by atoms with Crippen molar-refractivity contribution in [1.82, 2.24) is 0 Å². The first-order valence-electron chi connectivity index (χ1n) is 19.8. The number of phenolic OH excluding ortho intramolecular Hbond substituents is 6. The first-order chi connectivity index (χ1) is 31.0. The van der Waals surface area contributed by atoms with Gasteiger partial charge in [0.1, 0.15) is 67.6 Å². The molecule has 8 aromatic rings. The normalized spacial score (nSPS) is 15.6. The molecule has 0 aliphatic carbocycles. The van der Waals surface area contributed by atoms with Crippen LogP contribution in [-0.4, -0.2) is 30.6 Å². The predicted molar refractivity (Wildman–Crippen MR) is 258 cm³/mol. The van der Waals surface area contributed by atoms with Gasteiger partial charge in [0, 0.05) is 31.8 Å². The molecule has 1 aliphatic heterocycles. The molecule has 1 aliphatic rings. The van der Waals surface area contributed by atoms with Crippen LogP contribution in [0.25, 0.3) is 0 Å². The summed E-state index contributed by atoms with van der Waals surface area (Å²) in [5, 5.41) is 68.1. The highest BCUT2D eigenvalue weighted by atomic mass is 31.3. The van der Waals surface area contributed by atoms with Crippen LogP contribution in [0, 0.1) is 0 Å². The Morgan fingerprint density at radius 2 is 0.469 bits per heavy atom. The van der Waals surface area contributed by atoms with E-state index in [1.165, 1.54) is 0 Å². The second-order valence-corrected chi connectivity index (χ2v) is 25.5. The van der Waals surface area contributed by atoms with Gasteiger partial charge in [0.05, 0.1) is 0 Å². The fraction of sp³-hybridized carbons (Fsp3) is 0. The van der Waals surface area contributed by atoms with Crippen molar-refractivity contribution in [3.63, 3.8) is 0 Å². The lowest BCUT2D eigenvalue weighted by Gasteiger charge is -2.37. The number of aromatic hydroxyl groups is 6. The molecule has 320 valence electrons. The highest BCUT2D eigenvalue weighted by Gasteiger charge is 2.45. The Kier molecular flexibility index (Phi) is 11.5. The van der Waals surface area contributed by atoms with Crippen molar-refractivity contribution in [1.29, 1.82) is 0 Å². The molecule has 9 rings (SSSR count). The Labute approximate surface area is 369 Å². The zero-order valence-corrected chi connectivity index (χ0v) is 37.3. The number of phenols is 6. The van der Waals surface area contributed by atoms with Crippen LogP contribution in [0.3, 0.4) is 0 Å². The molecule has 1 heterocycles. The van der Waals surface area contributed by atoms with E-state index in [0.717, 1.165) is 0 Å². The van der Waals surface area contributed by atoms with Gasteiger partial charge in [0.25, 0.3) is 0 Å². The number of rotatable bonds is 10. The number of benzene rings is 8. The summed E-state index contributed by atoms with van der Waals surface area (Å²) < 4.78 is 38.6. The molecule has 0 spiro atoms. The minimum atomic E-state index is -4.26. The molecule has 0 aromatic heterocycles. The number of nitrogens with zero attached hydrogens (tertiary/aromatic N) is 4. The molecule has 0 fully saturated rings. The molecule has 16 heteroatoms. The third-order valence-electron chi connectivity index (χ3n) is 10.2. The molecule has 0 saturated heterocycles. The summed E-state index contributed by atoms with van der Waals surface area (Å²) in [6.45, 7) is 0. The smallest absolute Gasteiger partial charge is 0.450 e. The molecule has 0 bridgehead atoms. The zero-order valence-electron chi connectivity index (χ0n) is 33.7. The highest BCUT2D eigenvalue weighted by Crippen LogP contribution is 2.77. The van der Waals surface area contributed by atoms with Crippen LogP contribution in [0.15, 0.2) is 224 Å². The summed E-state index contributed by atoms with van der Waals surface area (Å²) in [6.07, 6.45) is 0. The van der Waals surface area contributed by atoms with Gasteiger partial charge < -0.3 is 39.7 Å². The van der Waals surface area contributed by atoms with Crippen molar-refractivity contribution in [3.05, 3.63) is 206 Å². The molecule has 0 radical (unpaired) electrons. The third-order valence-corrected chi connectivity index (χ3v) is 25.2. The van der Waals surface area contributed by atoms with Crippen molar-refractivity contribution in [2.75, 3.05) is 0 Å². The van der Waals surface area contributed by atoms with E-state index < -0.39 is 29.3 Å². The van der Waals surface area contributed by atoms with Gasteiger partial charge in [-0.15, -0.1) is 0 Å². The van der Waals surface area contributed by atoms with Crippen LogP contribution in [0.5, 0.6) is 46.0 Å². The lowest BCUT2D eigenvalue weighted by molar-refractivity contribution is 0.475. The molecule has 8 aromatic carbocycles. The maximum atomic E-state index is 10.8. The summed E-state index contributed by atoms with van der Waals surface area (Å²) >= 11 is 0. The van der Waals surface area contributed by atoms with E-state index in [0.29, 0.717) is 43.3 Å². The van der Waals surface area contributed by atoms with Gasteiger partial charge in [-0.05, 0) is 170 Å². The lowest BCUT2D eigenvalue weighted by Crippen LogP contribution is -2.23. The second kappa shape index (κ2) is 17.3. The number of hydrogen-bond donors (Lipinski definition) is 6. The average molecular weight is 925 g/mol. The molecule has 0 amide bonds. The van der Waals surface area contributed by atoms with E-state index in [4.69, 9.17) is 27.1 Å². The van der Waals surface area contributed by atoms with E-state index >= 15 is 0 Å². The Morgan fingerprint density at radius 3 is 0.719 bits per heavy atom. The summed E-state index contributed by atoms with van der Waals surface area (Å²) in [5.74, 6) is 0.755. The monoisotopic (exact) mass is 924 g/mol. The zero-order chi connectivity index (χ0) is 44.4. The Morgan fingerprint density at radius 1 is 0.250 bits per heavy atom. The topological polar surface area (TPSA) is 189 Å². The SMILES string of the molecule is Oc1ccc(P2(c3ccc(O)cc3)=NP(Oc3ccccc3)(Oc3ccccc3)=NP(c3ccc(O)cc3)(c3ccc(O)cc3)=NP(c3ccc(O)cc3)(c3ccc(O)cc3)=N2)cc1. The minimum absolute atomic E-state index is 0.00103. The fourth-order valence-electron chi connectivity index (χ4n) is 7.13. The van der Waals surface area contributed by atoms with Gasteiger partial charge in [-0.25, -0.2) is 9.03 Å². The quantitative estimate of drug-likeness (QED) is 0.0731. The van der Waals surface area contributed by atoms with Crippen molar-refractivity contribution in [3.8, 4) is 46.0 Å². The van der Waals surface area contributed by atoms with Crippen LogP contribution >= 0.6 is 29.3 Å². The maximum absolute atomic E-state index is 10.8. The molecule has 6 N–H and O–H groups in total. The Hall–Kier alpha value is -6.92. The van der Waals surface area contributed by atoms with Gasteiger partial charge >= 0.3 is 7.66 Å². The minimum Gasteiger partial charge on any atom is -0.508 e. The van der Waals surface area contributed by atoms with Crippen LogP contribution in [-0.2, 0) is 0 Å². The van der Waals surface area contributed by atoms with E-state index in [1.54, 1.807) is 170 Å². The molecular weight excluding hydrogens is 884 g/mol. The summed E-state index contributed by atoms with van der Waals surface area (Å²) in [4.78, 5) is 0. The standard InChI is InChI=1S/C48H40N4O8P4/c53-35-11-23-43(24-12-35)61(44-25-13-36(54)14-26-44)49-62(45-27-15-37(55)16-28-45,46-29-17-38(56)18-30-46)51-64(59-41-7-3-1-4-8-41,60-42-9-5-2-6-10-42)52-63(50-61,47-31-19-39(57)20-32-47)48-33-21-40(58)22-34-48/h1-34,53-58H. The molecule has 64 heavy (non-hydrogen) atoms. The van der Waals surface area contributed by atoms with Gasteiger partial charge in [-0.2, -0.15) is 9.03 Å². The fourth-order valence-corrected chi connectivity index (χ4v) is 25.3. The largest absolute Gasteiger partial charge is 0.508 e. The van der Waals surface area contributed by atoms with Crippen molar-refractivity contribution in [2.24, 2.45) is 18.1 Å². The van der Waals surface area contributed by atoms with E-state index in [1.807, 2.05) is 36.4 Å². The Balaban J connectivity index is 1.63. The van der Waals surface area contributed by atoms with Crippen LogP contribution in [0.4, 0.5) is 0 Å². The van der Waals surface area contributed by atoms with Crippen LogP contribution in [0.2, 0.25) is 0 Å². The third kappa shape index (κ3) is 8.33. The van der Waals surface area contributed by atoms with Crippen molar-refractivity contribution >= 4 is 61.1 Å². The molecular formula is C48H40N4O8P4. The second-order valence-electron chi connectivity index (χ2n) is 14.6. The molecule has 0 saturated carbocycles.